The molecule has 0 saturated heterocycles. The van der Waals surface area contributed by atoms with Gasteiger partial charge in [0.15, 0.2) is 9.84 Å². The molecule has 4 rings (SSSR count). The summed E-state index contributed by atoms with van der Waals surface area (Å²) in [6.45, 7) is 0.0365. The largest absolute Gasteiger partial charge is 0.396 e. The number of nitrogens with one attached hydrogen (secondary N) is 2. The summed E-state index contributed by atoms with van der Waals surface area (Å²) in [5.74, 6) is -0.324. The van der Waals surface area contributed by atoms with Crippen molar-refractivity contribution in [2.24, 2.45) is 0 Å². The first-order valence-corrected chi connectivity index (χ1v) is 11.7. The van der Waals surface area contributed by atoms with Gasteiger partial charge in [0.05, 0.1) is 4.90 Å². The van der Waals surface area contributed by atoms with Gasteiger partial charge in [-0.15, -0.1) is 0 Å². The summed E-state index contributed by atoms with van der Waals surface area (Å²) in [7, 11) is -3.58. The molecule has 31 heavy (non-hydrogen) atoms. The van der Waals surface area contributed by atoms with Crippen molar-refractivity contribution >= 4 is 27.1 Å². The van der Waals surface area contributed by atoms with Crippen LogP contribution in [0.15, 0.2) is 77.7 Å². The molecule has 0 fully saturated rings. The number of benzene rings is 3. The molecule has 0 aliphatic carbocycles. The number of anilines is 2. The van der Waals surface area contributed by atoms with Gasteiger partial charge in [-0.2, -0.15) is 0 Å². The third-order valence-electron chi connectivity index (χ3n) is 5.41. The Morgan fingerprint density at radius 1 is 1.03 bits per heavy atom. The van der Waals surface area contributed by atoms with Crippen LogP contribution in [0.25, 0.3) is 0 Å². The minimum absolute atomic E-state index is 0.0365. The molecule has 1 amide bonds. The van der Waals surface area contributed by atoms with E-state index in [0.29, 0.717) is 30.5 Å². The van der Waals surface area contributed by atoms with Crippen LogP contribution in [-0.4, -0.2) is 31.4 Å². The van der Waals surface area contributed by atoms with Crippen molar-refractivity contribution in [3.05, 3.63) is 89.5 Å². The Balaban J connectivity index is 1.47. The van der Waals surface area contributed by atoms with Crippen LogP contribution in [-0.2, 0) is 22.7 Å². The first-order valence-electron chi connectivity index (χ1n) is 10.2. The van der Waals surface area contributed by atoms with Crippen molar-refractivity contribution in [3.63, 3.8) is 0 Å². The minimum atomic E-state index is -3.58. The zero-order chi connectivity index (χ0) is 21.8. The van der Waals surface area contributed by atoms with E-state index in [2.05, 4.69) is 10.6 Å². The Labute approximate surface area is 181 Å². The second kappa shape index (κ2) is 8.91. The van der Waals surface area contributed by atoms with Gasteiger partial charge in [-0.05, 0) is 72.9 Å². The van der Waals surface area contributed by atoms with Crippen molar-refractivity contribution in [1.29, 1.82) is 0 Å². The SMILES string of the molecule is O=C(Nc1cccc(CCO)c1)c1ccc(S(=O)(=O)C2CCc3ccccc3N2)cc1. The number of amides is 1. The number of rotatable bonds is 6. The highest BCUT2D eigenvalue weighted by Crippen LogP contribution is 2.29. The van der Waals surface area contributed by atoms with E-state index in [1.807, 2.05) is 36.4 Å². The van der Waals surface area contributed by atoms with Crippen LogP contribution in [0.4, 0.5) is 11.4 Å². The monoisotopic (exact) mass is 436 g/mol. The molecule has 160 valence electrons. The van der Waals surface area contributed by atoms with E-state index in [1.54, 1.807) is 12.1 Å². The van der Waals surface area contributed by atoms with E-state index in [-0.39, 0.29) is 17.4 Å². The van der Waals surface area contributed by atoms with Gasteiger partial charge >= 0.3 is 0 Å². The summed E-state index contributed by atoms with van der Waals surface area (Å²) in [5.41, 5.74) is 3.88. The number of carbonyl (C=O) groups excluding carboxylic acids is 1. The third-order valence-corrected chi connectivity index (χ3v) is 7.45. The Morgan fingerprint density at radius 3 is 2.58 bits per heavy atom. The lowest BCUT2D eigenvalue weighted by Crippen LogP contribution is -2.33. The van der Waals surface area contributed by atoms with Gasteiger partial charge in [0.2, 0.25) is 0 Å². The number of carbonyl (C=O) groups is 1. The van der Waals surface area contributed by atoms with Crippen molar-refractivity contribution < 1.29 is 18.3 Å². The Morgan fingerprint density at radius 2 is 1.81 bits per heavy atom. The molecule has 3 aromatic rings. The van der Waals surface area contributed by atoms with Crippen LogP contribution >= 0.6 is 0 Å². The number of aryl methyl sites for hydroxylation is 1. The molecule has 1 aliphatic heterocycles. The number of para-hydroxylation sites is 1. The van der Waals surface area contributed by atoms with Gasteiger partial charge in [0, 0.05) is 23.5 Å². The molecule has 1 atom stereocenters. The van der Waals surface area contributed by atoms with E-state index in [0.717, 1.165) is 16.8 Å². The second-order valence-electron chi connectivity index (χ2n) is 7.53. The first-order chi connectivity index (χ1) is 15.0. The van der Waals surface area contributed by atoms with Gasteiger partial charge in [-0.1, -0.05) is 30.3 Å². The second-order valence-corrected chi connectivity index (χ2v) is 9.66. The molecule has 6 nitrogen and oxygen atoms in total. The van der Waals surface area contributed by atoms with Crippen LogP contribution in [0.5, 0.6) is 0 Å². The molecular formula is C24H24N2O4S. The van der Waals surface area contributed by atoms with Gasteiger partial charge in [-0.25, -0.2) is 8.42 Å². The molecule has 0 bridgehead atoms. The summed E-state index contributed by atoms with van der Waals surface area (Å²) < 4.78 is 26.2. The number of hydrogen-bond acceptors (Lipinski definition) is 5. The molecule has 0 spiro atoms. The van der Waals surface area contributed by atoms with E-state index in [4.69, 9.17) is 5.11 Å². The maximum absolute atomic E-state index is 13.1. The predicted molar refractivity (Wildman–Crippen MR) is 121 cm³/mol. The van der Waals surface area contributed by atoms with Gasteiger partial charge in [0.1, 0.15) is 5.37 Å². The van der Waals surface area contributed by atoms with Crippen LogP contribution in [0.3, 0.4) is 0 Å². The summed E-state index contributed by atoms with van der Waals surface area (Å²) in [5, 5.41) is 14.3. The Bertz CT molecular complexity index is 1190. The highest BCUT2D eigenvalue weighted by Gasteiger charge is 2.30. The number of aliphatic hydroxyl groups excluding tert-OH is 1. The molecule has 1 aliphatic rings. The van der Waals surface area contributed by atoms with Gasteiger partial charge in [-0.3, -0.25) is 4.79 Å². The lowest BCUT2D eigenvalue weighted by atomic mass is 10.0. The van der Waals surface area contributed by atoms with E-state index >= 15 is 0 Å². The number of sulfone groups is 1. The molecule has 1 heterocycles. The fraction of sp³-hybridized carbons (Fsp3) is 0.208. The maximum Gasteiger partial charge on any atom is 0.255 e. The first kappa shape index (κ1) is 21.1. The smallest absolute Gasteiger partial charge is 0.255 e. The average molecular weight is 437 g/mol. The van der Waals surface area contributed by atoms with Crippen LogP contribution < -0.4 is 10.6 Å². The molecule has 1 unspecified atom stereocenters. The van der Waals surface area contributed by atoms with Gasteiger partial charge < -0.3 is 15.7 Å². The molecule has 3 aromatic carbocycles. The van der Waals surface area contributed by atoms with Crippen LogP contribution in [0, 0.1) is 0 Å². The third kappa shape index (κ3) is 4.62. The molecule has 0 aromatic heterocycles. The van der Waals surface area contributed by atoms with Crippen molar-refractivity contribution in [3.8, 4) is 0 Å². The summed E-state index contributed by atoms with van der Waals surface area (Å²) >= 11 is 0. The van der Waals surface area contributed by atoms with E-state index in [1.165, 1.54) is 24.3 Å². The number of hydrogen-bond donors (Lipinski definition) is 3. The number of fused-ring (bicyclic) bond motifs is 1. The quantitative estimate of drug-likeness (QED) is 0.548. The molecule has 0 saturated carbocycles. The van der Waals surface area contributed by atoms with Crippen LogP contribution in [0.1, 0.15) is 27.9 Å². The lowest BCUT2D eigenvalue weighted by molar-refractivity contribution is 0.102. The zero-order valence-electron chi connectivity index (χ0n) is 16.9. The standard InChI is InChI=1S/C24H24N2O4S/c27-15-14-17-4-3-6-20(16-17)25-24(28)19-8-11-21(12-9-19)31(29,30)23-13-10-18-5-1-2-7-22(18)26-23/h1-9,11-12,16,23,26-27H,10,13-15H2,(H,25,28). The molecular weight excluding hydrogens is 412 g/mol. The lowest BCUT2D eigenvalue weighted by Gasteiger charge is -2.26. The Hall–Kier alpha value is -3.16. The summed E-state index contributed by atoms with van der Waals surface area (Å²) in [6, 6.07) is 21.0. The molecule has 3 N–H and O–H groups in total. The van der Waals surface area contributed by atoms with Gasteiger partial charge in [0.25, 0.3) is 5.91 Å². The fourth-order valence-corrected chi connectivity index (χ4v) is 5.30. The van der Waals surface area contributed by atoms with Crippen LogP contribution in [0.2, 0.25) is 0 Å². The zero-order valence-corrected chi connectivity index (χ0v) is 17.7. The van der Waals surface area contributed by atoms with E-state index in [9.17, 15) is 13.2 Å². The number of aliphatic hydroxyl groups is 1. The predicted octanol–water partition coefficient (Wildman–Crippen LogP) is 3.63. The minimum Gasteiger partial charge on any atom is -0.396 e. The molecule has 0 radical (unpaired) electrons. The topological polar surface area (TPSA) is 95.5 Å². The summed E-state index contributed by atoms with van der Waals surface area (Å²) in [4.78, 5) is 12.7. The average Bonchev–Trinajstić information content (AvgIpc) is 2.79. The fourth-order valence-electron chi connectivity index (χ4n) is 3.74. The Kier molecular flexibility index (Phi) is 6.06. The van der Waals surface area contributed by atoms with Crippen molar-refractivity contribution in [1.82, 2.24) is 0 Å². The van der Waals surface area contributed by atoms with E-state index < -0.39 is 15.2 Å². The summed E-state index contributed by atoms with van der Waals surface area (Å²) in [6.07, 6.45) is 1.70. The molecule has 7 heteroatoms. The maximum atomic E-state index is 13.1. The normalized spacial score (nSPS) is 15.6. The highest BCUT2D eigenvalue weighted by atomic mass is 32.2. The van der Waals surface area contributed by atoms with Crippen molar-refractivity contribution in [2.45, 2.75) is 29.5 Å². The highest BCUT2D eigenvalue weighted by molar-refractivity contribution is 7.92. The van der Waals surface area contributed by atoms with Crippen molar-refractivity contribution in [2.75, 3.05) is 17.2 Å².